The van der Waals surface area contributed by atoms with Crippen molar-refractivity contribution in [3.8, 4) is 0 Å². The second kappa shape index (κ2) is 4.83. The summed E-state index contributed by atoms with van der Waals surface area (Å²) in [6.07, 6.45) is 2.20. The normalized spacial score (nSPS) is 12.7. The van der Waals surface area contributed by atoms with Gasteiger partial charge in [0.25, 0.3) is 0 Å². The average Bonchev–Trinajstić information content (AvgIpc) is 1.78. The van der Waals surface area contributed by atoms with Gasteiger partial charge in [-0.1, -0.05) is 41.2 Å². The zero-order valence-corrected chi connectivity index (χ0v) is 10.6. The molecule has 14 heavy (non-hydrogen) atoms. The summed E-state index contributed by atoms with van der Waals surface area (Å²) in [5.41, 5.74) is 7.69. The molecule has 0 fully saturated rings. The Hall–Kier alpha value is -0.500. The minimum atomic E-state index is 0.305. The molecule has 0 heterocycles. The zero-order chi connectivity index (χ0) is 11.4. The van der Waals surface area contributed by atoms with Crippen LogP contribution in [0.2, 0.25) is 0 Å². The van der Waals surface area contributed by atoms with Crippen LogP contribution in [0.5, 0.6) is 0 Å². The van der Waals surface area contributed by atoms with E-state index in [1.807, 2.05) is 7.05 Å². The summed E-state index contributed by atoms with van der Waals surface area (Å²) in [5, 5.41) is 0. The summed E-state index contributed by atoms with van der Waals surface area (Å²) in [5.74, 6) is 0. The third kappa shape index (κ3) is 6.96. The molecule has 0 atom stereocenters. The van der Waals surface area contributed by atoms with Crippen LogP contribution >= 0.6 is 0 Å². The lowest BCUT2D eigenvalue weighted by atomic mass is 9.74. The molecular formula is C12H26N2. The molecule has 0 radical (unpaired) electrons. The molecule has 0 aliphatic rings. The van der Waals surface area contributed by atoms with Gasteiger partial charge in [0.05, 0.1) is 0 Å². The molecule has 0 spiro atoms. The van der Waals surface area contributed by atoms with Crippen molar-refractivity contribution >= 4 is 0 Å². The Morgan fingerprint density at radius 2 is 1.64 bits per heavy atom. The second-order valence-corrected chi connectivity index (χ2v) is 6.06. The van der Waals surface area contributed by atoms with Gasteiger partial charge in [-0.3, -0.25) is 0 Å². The first-order valence-corrected chi connectivity index (χ1v) is 5.27. The van der Waals surface area contributed by atoms with E-state index < -0.39 is 0 Å². The van der Waals surface area contributed by atoms with Crippen molar-refractivity contribution in [2.24, 2.45) is 10.8 Å². The van der Waals surface area contributed by atoms with Crippen molar-refractivity contribution in [2.75, 3.05) is 7.05 Å². The van der Waals surface area contributed by atoms with Crippen LogP contribution in [0.15, 0.2) is 12.3 Å². The van der Waals surface area contributed by atoms with Crippen molar-refractivity contribution in [1.29, 1.82) is 0 Å². The van der Waals surface area contributed by atoms with Gasteiger partial charge in [0, 0.05) is 12.7 Å². The van der Waals surface area contributed by atoms with E-state index in [4.69, 9.17) is 0 Å². The fraction of sp³-hybridized carbons (Fsp3) is 0.833. The summed E-state index contributed by atoms with van der Waals surface area (Å²) in [4.78, 5) is 0. The van der Waals surface area contributed by atoms with E-state index in [2.05, 4.69) is 52.0 Å². The fourth-order valence-corrected chi connectivity index (χ4v) is 2.30. The molecule has 0 amide bonds. The van der Waals surface area contributed by atoms with Crippen molar-refractivity contribution in [2.45, 2.75) is 47.5 Å². The Bertz CT molecular complexity index is 187. The van der Waals surface area contributed by atoms with Crippen LogP contribution in [-0.2, 0) is 0 Å². The third-order valence-corrected chi connectivity index (χ3v) is 2.00. The molecule has 0 aromatic carbocycles. The predicted octanol–water partition coefficient (Wildman–Crippen LogP) is 3.08. The first kappa shape index (κ1) is 13.5. The van der Waals surface area contributed by atoms with Crippen molar-refractivity contribution < 1.29 is 0 Å². The van der Waals surface area contributed by atoms with Gasteiger partial charge in [-0.05, 0) is 23.7 Å². The van der Waals surface area contributed by atoms with E-state index in [1.165, 1.54) is 6.42 Å². The molecule has 0 aliphatic carbocycles. The number of allylic oxidation sites excluding steroid dienone is 1. The van der Waals surface area contributed by atoms with Gasteiger partial charge in [0.1, 0.15) is 0 Å². The lowest BCUT2D eigenvalue weighted by molar-refractivity contribution is 0.208. The number of rotatable bonds is 5. The maximum absolute atomic E-state index is 3.99. The molecule has 0 bridgehead atoms. The smallest absolute Gasteiger partial charge is 0.0195 e. The van der Waals surface area contributed by atoms with Gasteiger partial charge < -0.3 is 5.43 Å². The van der Waals surface area contributed by atoms with Crippen LogP contribution in [-0.4, -0.2) is 7.05 Å². The SMILES string of the molecule is C=C(CC(C)(C)CC(C)(C)C)NNC. The molecule has 84 valence electrons. The maximum atomic E-state index is 3.99. The first-order valence-electron chi connectivity index (χ1n) is 5.27. The number of nitrogens with one attached hydrogen (secondary N) is 2. The summed E-state index contributed by atoms with van der Waals surface area (Å²) < 4.78 is 0. The monoisotopic (exact) mass is 198 g/mol. The lowest BCUT2D eigenvalue weighted by Crippen LogP contribution is -2.30. The molecule has 0 unspecified atom stereocenters. The molecular weight excluding hydrogens is 172 g/mol. The number of hydrogen-bond acceptors (Lipinski definition) is 2. The zero-order valence-electron chi connectivity index (χ0n) is 10.6. The fourth-order valence-electron chi connectivity index (χ4n) is 2.30. The van der Waals surface area contributed by atoms with E-state index in [0.29, 0.717) is 10.8 Å². The van der Waals surface area contributed by atoms with Crippen molar-refractivity contribution in [3.63, 3.8) is 0 Å². The van der Waals surface area contributed by atoms with Gasteiger partial charge in [-0.2, -0.15) is 0 Å². The van der Waals surface area contributed by atoms with Crippen molar-refractivity contribution in [3.05, 3.63) is 12.3 Å². The third-order valence-electron chi connectivity index (χ3n) is 2.00. The summed E-state index contributed by atoms with van der Waals surface area (Å²) in [6.45, 7) is 15.4. The van der Waals surface area contributed by atoms with E-state index in [0.717, 1.165) is 12.1 Å². The number of hydrogen-bond donors (Lipinski definition) is 2. The summed E-state index contributed by atoms with van der Waals surface area (Å²) in [6, 6.07) is 0. The predicted molar refractivity (Wildman–Crippen MR) is 63.8 cm³/mol. The van der Waals surface area contributed by atoms with Crippen LogP contribution in [0.3, 0.4) is 0 Å². The largest absolute Gasteiger partial charge is 0.326 e. The van der Waals surface area contributed by atoms with E-state index in [-0.39, 0.29) is 0 Å². The highest BCUT2D eigenvalue weighted by Gasteiger charge is 2.25. The Kier molecular flexibility index (Phi) is 4.66. The standard InChI is InChI=1S/C12H26N2/c1-10(14-13-7)8-12(5,6)9-11(2,3)4/h13-14H,1,8-9H2,2-7H3. The summed E-state index contributed by atoms with van der Waals surface area (Å²) in [7, 11) is 1.86. The Balaban J connectivity index is 4.13. The quantitative estimate of drug-likeness (QED) is 0.663. The minimum absolute atomic E-state index is 0.305. The Morgan fingerprint density at radius 1 is 1.14 bits per heavy atom. The molecule has 0 aliphatic heterocycles. The highest BCUT2D eigenvalue weighted by atomic mass is 15.3. The van der Waals surface area contributed by atoms with Crippen LogP contribution in [0.1, 0.15) is 47.5 Å². The van der Waals surface area contributed by atoms with Crippen LogP contribution in [0.4, 0.5) is 0 Å². The lowest BCUT2D eigenvalue weighted by Gasteiger charge is -2.33. The van der Waals surface area contributed by atoms with Gasteiger partial charge >= 0.3 is 0 Å². The molecule has 0 saturated heterocycles. The Labute approximate surface area is 89.1 Å². The van der Waals surface area contributed by atoms with Gasteiger partial charge in [0.2, 0.25) is 0 Å². The highest BCUT2D eigenvalue weighted by Crippen LogP contribution is 2.36. The van der Waals surface area contributed by atoms with Gasteiger partial charge in [0.15, 0.2) is 0 Å². The molecule has 0 saturated carbocycles. The van der Waals surface area contributed by atoms with E-state index in [9.17, 15) is 0 Å². The van der Waals surface area contributed by atoms with Gasteiger partial charge in [-0.25, -0.2) is 5.43 Å². The molecule has 2 N–H and O–H groups in total. The molecule has 0 aromatic rings. The van der Waals surface area contributed by atoms with Crippen LogP contribution < -0.4 is 10.9 Å². The molecule has 0 aromatic heterocycles. The maximum Gasteiger partial charge on any atom is 0.0195 e. The van der Waals surface area contributed by atoms with Crippen molar-refractivity contribution in [1.82, 2.24) is 10.9 Å². The summed E-state index contributed by atoms with van der Waals surface area (Å²) >= 11 is 0. The second-order valence-electron chi connectivity index (χ2n) is 6.06. The number of hydrazine groups is 1. The highest BCUT2D eigenvalue weighted by molar-refractivity contribution is 4.95. The topological polar surface area (TPSA) is 24.1 Å². The Morgan fingerprint density at radius 3 is 2.00 bits per heavy atom. The van der Waals surface area contributed by atoms with Gasteiger partial charge in [-0.15, -0.1) is 0 Å². The molecule has 2 heteroatoms. The molecule has 0 rings (SSSR count). The molecule has 2 nitrogen and oxygen atoms in total. The minimum Gasteiger partial charge on any atom is -0.326 e. The van der Waals surface area contributed by atoms with Crippen LogP contribution in [0, 0.1) is 10.8 Å². The average molecular weight is 198 g/mol. The van der Waals surface area contributed by atoms with Crippen LogP contribution in [0.25, 0.3) is 0 Å². The van der Waals surface area contributed by atoms with E-state index in [1.54, 1.807) is 0 Å². The van der Waals surface area contributed by atoms with E-state index >= 15 is 0 Å². The first-order chi connectivity index (χ1) is 6.16.